The molecule has 0 aliphatic rings. The number of hydrogen-bond donors (Lipinski definition) is 2. The topological polar surface area (TPSA) is 58.6 Å². The Morgan fingerprint density at radius 3 is 2.40 bits per heavy atom. The fraction of sp³-hybridized carbons (Fsp3) is 0.562. The van der Waals surface area contributed by atoms with E-state index in [-0.39, 0.29) is 18.1 Å². The second kappa shape index (κ2) is 8.02. The Balaban J connectivity index is 2.75. The van der Waals surface area contributed by atoms with Crippen molar-refractivity contribution in [1.29, 1.82) is 0 Å². The fourth-order valence-electron chi connectivity index (χ4n) is 2.13. The van der Waals surface area contributed by atoms with Gasteiger partial charge < -0.3 is 15.2 Å². The maximum absolute atomic E-state index is 11.3. The molecule has 0 saturated heterocycles. The molecule has 0 amide bonds. The van der Waals surface area contributed by atoms with Gasteiger partial charge in [0.2, 0.25) is 0 Å². The van der Waals surface area contributed by atoms with E-state index in [1.54, 1.807) is 0 Å². The van der Waals surface area contributed by atoms with E-state index in [1.165, 1.54) is 7.11 Å². The minimum atomic E-state index is -0.636. The molecule has 0 spiro atoms. The third-order valence-corrected chi connectivity index (χ3v) is 3.23. The molecule has 2 N–H and O–H groups in total. The summed E-state index contributed by atoms with van der Waals surface area (Å²) in [5.41, 5.74) is 2.02. The molecule has 2 unspecified atom stereocenters. The van der Waals surface area contributed by atoms with Gasteiger partial charge >= 0.3 is 5.97 Å². The van der Waals surface area contributed by atoms with Crippen LogP contribution in [-0.2, 0) is 9.53 Å². The fourth-order valence-corrected chi connectivity index (χ4v) is 2.13. The van der Waals surface area contributed by atoms with E-state index in [2.05, 4.69) is 10.1 Å². The molecule has 0 aliphatic carbocycles. The lowest BCUT2D eigenvalue weighted by Crippen LogP contribution is -2.39. The molecule has 20 heavy (non-hydrogen) atoms. The molecule has 0 heterocycles. The predicted molar refractivity (Wildman–Crippen MR) is 79.4 cm³/mol. The molecule has 0 aromatic heterocycles. The zero-order chi connectivity index (χ0) is 15.1. The van der Waals surface area contributed by atoms with Gasteiger partial charge in [0.15, 0.2) is 0 Å². The second-order valence-corrected chi connectivity index (χ2v) is 5.40. The summed E-state index contributed by atoms with van der Waals surface area (Å²) in [5.74, 6) is -0.253. The van der Waals surface area contributed by atoms with E-state index in [4.69, 9.17) is 0 Å². The molecular formula is C16H25NO3. The van der Waals surface area contributed by atoms with Gasteiger partial charge in [-0.3, -0.25) is 4.79 Å². The van der Waals surface area contributed by atoms with Gasteiger partial charge in [0.05, 0.1) is 13.2 Å². The summed E-state index contributed by atoms with van der Waals surface area (Å²) in [6, 6.07) is 7.87. The molecule has 1 aromatic rings. The third-order valence-electron chi connectivity index (χ3n) is 3.23. The van der Waals surface area contributed by atoms with Gasteiger partial charge in [-0.25, -0.2) is 0 Å². The van der Waals surface area contributed by atoms with Crippen LogP contribution in [-0.4, -0.2) is 30.3 Å². The van der Waals surface area contributed by atoms with Crippen molar-refractivity contribution in [3.05, 3.63) is 35.4 Å². The first kappa shape index (κ1) is 16.7. The van der Waals surface area contributed by atoms with Gasteiger partial charge in [-0.15, -0.1) is 0 Å². The Labute approximate surface area is 121 Å². The Kier molecular flexibility index (Phi) is 6.68. The highest BCUT2D eigenvalue weighted by Crippen LogP contribution is 2.21. The summed E-state index contributed by atoms with van der Waals surface area (Å²) in [4.78, 5) is 11.3. The number of aliphatic hydroxyl groups excluding tert-OH is 1. The van der Waals surface area contributed by atoms with E-state index in [0.717, 1.165) is 11.1 Å². The molecule has 4 nitrogen and oxygen atoms in total. The lowest BCUT2D eigenvalue weighted by molar-refractivity contribution is -0.141. The van der Waals surface area contributed by atoms with Gasteiger partial charge in [-0.2, -0.15) is 0 Å². The zero-order valence-electron chi connectivity index (χ0n) is 12.7. The molecule has 1 aromatic carbocycles. The SMILES string of the molecule is COC(=O)CCC(NC(C)C)C(O)c1ccc(C)cc1. The van der Waals surface area contributed by atoms with Gasteiger partial charge in [-0.1, -0.05) is 43.7 Å². The highest BCUT2D eigenvalue weighted by Gasteiger charge is 2.22. The highest BCUT2D eigenvalue weighted by molar-refractivity contribution is 5.69. The van der Waals surface area contributed by atoms with Crippen LogP contribution in [0.1, 0.15) is 43.9 Å². The van der Waals surface area contributed by atoms with E-state index < -0.39 is 6.10 Å². The van der Waals surface area contributed by atoms with Crippen molar-refractivity contribution in [2.75, 3.05) is 7.11 Å². The van der Waals surface area contributed by atoms with Crippen molar-refractivity contribution in [3.63, 3.8) is 0 Å². The summed E-state index contributed by atoms with van der Waals surface area (Å²) in [6.45, 7) is 6.05. The van der Waals surface area contributed by atoms with Crippen LogP contribution in [0, 0.1) is 6.92 Å². The van der Waals surface area contributed by atoms with Crippen molar-refractivity contribution < 1.29 is 14.6 Å². The lowest BCUT2D eigenvalue weighted by Gasteiger charge is -2.26. The number of benzene rings is 1. The average molecular weight is 279 g/mol. The average Bonchev–Trinajstić information content (AvgIpc) is 2.42. The quantitative estimate of drug-likeness (QED) is 0.752. The number of methoxy groups -OCH3 is 1. The number of carbonyl (C=O) groups is 1. The van der Waals surface area contributed by atoms with Gasteiger partial charge in [0, 0.05) is 18.5 Å². The highest BCUT2D eigenvalue weighted by atomic mass is 16.5. The molecule has 0 saturated carbocycles. The van der Waals surface area contributed by atoms with Crippen LogP contribution in [0.5, 0.6) is 0 Å². The minimum absolute atomic E-state index is 0.170. The normalized spacial score (nSPS) is 14.1. The summed E-state index contributed by atoms with van der Waals surface area (Å²) >= 11 is 0. The summed E-state index contributed by atoms with van der Waals surface area (Å²) in [7, 11) is 1.38. The van der Waals surface area contributed by atoms with Crippen molar-refractivity contribution in [1.82, 2.24) is 5.32 Å². The molecule has 0 aliphatic heterocycles. The van der Waals surface area contributed by atoms with Crippen molar-refractivity contribution in [2.45, 2.75) is 51.8 Å². The molecule has 1 rings (SSSR count). The van der Waals surface area contributed by atoms with Gasteiger partial charge in [0.25, 0.3) is 0 Å². The van der Waals surface area contributed by atoms with Crippen LogP contribution in [0.15, 0.2) is 24.3 Å². The van der Waals surface area contributed by atoms with Gasteiger partial charge in [0.1, 0.15) is 0 Å². The van der Waals surface area contributed by atoms with E-state index >= 15 is 0 Å². The number of hydrogen-bond acceptors (Lipinski definition) is 4. The van der Waals surface area contributed by atoms with Crippen LogP contribution in [0.3, 0.4) is 0 Å². The Bertz CT molecular complexity index is 414. The Morgan fingerprint density at radius 1 is 1.30 bits per heavy atom. The molecule has 0 fully saturated rings. The molecule has 4 heteroatoms. The first-order valence-electron chi connectivity index (χ1n) is 7.01. The lowest BCUT2D eigenvalue weighted by atomic mass is 9.97. The smallest absolute Gasteiger partial charge is 0.305 e. The summed E-state index contributed by atoms with van der Waals surface area (Å²) in [6.07, 6.45) is 0.201. The summed E-state index contributed by atoms with van der Waals surface area (Å²) < 4.78 is 4.66. The number of carbonyl (C=O) groups excluding carboxylic acids is 1. The predicted octanol–water partition coefficient (Wildman–Crippen LogP) is 2.35. The van der Waals surface area contributed by atoms with Gasteiger partial charge in [-0.05, 0) is 18.9 Å². The van der Waals surface area contributed by atoms with E-state index in [9.17, 15) is 9.90 Å². The second-order valence-electron chi connectivity index (χ2n) is 5.40. The van der Waals surface area contributed by atoms with E-state index in [0.29, 0.717) is 12.8 Å². The first-order valence-corrected chi connectivity index (χ1v) is 7.01. The van der Waals surface area contributed by atoms with Crippen molar-refractivity contribution in [3.8, 4) is 0 Å². The Morgan fingerprint density at radius 2 is 1.90 bits per heavy atom. The largest absolute Gasteiger partial charge is 0.469 e. The van der Waals surface area contributed by atoms with Crippen molar-refractivity contribution in [2.24, 2.45) is 0 Å². The minimum Gasteiger partial charge on any atom is -0.469 e. The number of aliphatic hydroxyl groups is 1. The number of esters is 1. The van der Waals surface area contributed by atoms with Crippen LogP contribution in [0.2, 0.25) is 0 Å². The monoisotopic (exact) mass is 279 g/mol. The maximum atomic E-state index is 11.3. The molecule has 2 atom stereocenters. The maximum Gasteiger partial charge on any atom is 0.305 e. The van der Waals surface area contributed by atoms with Crippen LogP contribution >= 0.6 is 0 Å². The molecular weight excluding hydrogens is 254 g/mol. The van der Waals surface area contributed by atoms with Crippen molar-refractivity contribution >= 4 is 5.97 Å². The van der Waals surface area contributed by atoms with Crippen LogP contribution in [0.25, 0.3) is 0 Å². The number of aryl methyl sites for hydroxylation is 1. The third kappa shape index (κ3) is 5.31. The van der Waals surface area contributed by atoms with E-state index in [1.807, 2.05) is 45.0 Å². The molecule has 112 valence electrons. The standard InChI is InChI=1S/C16H25NO3/c1-11(2)17-14(9-10-15(18)20-4)16(19)13-7-5-12(3)6-8-13/h5-8,11,14,16-17,19H,9-10H2,1-4H3. The summed E-state index contributed by atoms with van der Waals surface area (Å²) in [5, 5.41) is 13.8. The van der Waals surface area contributed by atoms with Crippen LogP contribution < -0.4 is 5.32 Å². The first-order chi connectivity index (χ1) is 9.43. The zero-order valence-corrected chi connectivity index (χ0v) is 12.7. The number of rotatable bonds is 7. The van der Waals surface area contributed by atoms with Crippen LogP contribution in [0.4, 0.5) is 0 Å². The molecule has 0 bridgehead atoms. The molecule has 0 radical (unpaired) electrons. The number of ether oxygens (including phenoxy) is 1. The number of nitrogens with one attached hydrogen (secondary N) is 1. The Hall–Kier alpha value is -1.39.